The smallest absolute Gasteiger partial charge is 0.287 e. The van der Waals surface area contributed by atoms with Crippen LogP contribution in [-0.2, 0) is 21.1 Å². The highest BCUT2D eigenvalue weighted by Gasteiger charge is 2.58. The number of nitrogens with zero attached hydrogens (tertiary/aromatic N) is 1. The molecule has 2 amide bonds. The molecule has 0 aliphatic carbocycles. The van der Waals surface area contributed by atoms with Crippen molar-refractivity contribution < 1.29 is 22.7 Å². The lowest BCUT2D eigenvalue weighted by molar-refractivity contribution is -0.119. The number of nitrogens with one attached hydrogen (secondary N) is 1. The minimum absolute atomic E-state index is 0.0831. The number of thioether (sulfide) groups is 1. The first-order valence-corrected chi connectivity index (χ1v) is 12.1. The van der Waals surface area contributed by atoms with Crippen LogP contribution >= 0.6 is 11.8 Å². The van der Waals surface area contributed by atoms with E-state index in [0.717, 1.165) is 11.1 Å². The molecule has 1 atom stereocenters. The van der Waals surface area contributed by atoms with Crippen LogP contribution in [0.1, 0.15) is 11.1 Å². The first-order valence-electron chi connectivity index (χ1n) is 9.82. The quantitative estimate of drug-likeness (QED) is 0.571. The van der Waals surface area contributed by atoms with E-state index in [1.165, 1.54) is 31.4 Å². The molecule has 1 heterocycles. The van der Waals surface area contributed by atoms with E-state index < -0.39 is 25.1 Å². The number of nitriles is 1. The molecular weight excluding hydrogens is 460 g/mol. The Labute approximate surface area is 195 Å². The molecule has 166 valence electrons. The van der Waals surface area contributed by atoms with Crippen molar-refractivity contribution in [3.8, 4) is 22.9 Å². The van der Waals surface area contributed by atoms with Gasteiger partial charge in [-0.25, -0.2) is 8.42 Å². The van der Waals surface area contributed by atoms with Gasteiger partial charge in [-0.2, -0.15) is 5.26 Å². The highest BCUT2D eigenvalue weighted by molar-refractivity contribution is 8.25. The average Bonchev–Trinajstić information content (AvgIpc) is 3.13. The third kappa shape index (κ3) is 3.99. The molecule has 0 spiro atoms. The van der Waals surface area contributed by atoms with Crippen LogP contribution in [0.25, 0.3) is 11.1 Å². The second-order valence-corrected chi connectivity index (χ2v) is 11.0. The molecule has 0 aromatic heterocycles. The summed E-state index contributed by atoms with van der Waals surface area (Å²) in [5.41, 5.74) is 2.60. The summed E-state index contributed by atoms with van der Waals surface area (Å²) >= 11 is 0.472. The molecule has 1 aliphatic heterocycles. The molecule has 1 unspecified atom stereocenters. The second kappa shape index (κ2) is 8.73. The van der Waals surface area contributed by atoms with Crippen LogP contribution in [-0.4, -0.2) is 30.8 Å². The van der Waals surface area contributed by atoms with E-state index >= 15 is 0 Å². The molecule has 1 aliphatic rings. The maximum absolute atomic E-state index is 13.6. The molecule has 3 aromatic carbocycles. The second-order valence-electron chi connectivity index (χ2n) is 7.31. The van der Waals surface area contributed by atoms with E-state index in [0.29, 0.717) is 28.6 Å². The van der Waals surface area contributed by atoms with Gasteiger partial charge in [0.2, 0.25) is 13.9 Å². The zero-order valence-electron chi connectivity index (χ0n) is 17.4. The number of carbonyl (C=O) groups is 2. The van der Waals surface area contributed by atoms with Gasteiger partial charge < -0.3 is 4.74 Å². The maximum Gasteiger partial charge on any atom is 0.287 e. The van der Waals surface area contributed by atoms with E-state index in [4.69, 9.17) is 4.74 Å². The van der Waals surface area contributed by atoms with E-state index in [2.05, 4.69) is 11.4 Å². The third-order valence-corrected chi connectivity index (χ3v) is 9.32. The molecule has 1 saturated heterocycles. The van der Waals surface area contributed by atoms with Crippen molar-refractivity contribution >= 4 is 32.7 Å². The van der Waals surface area contributed by atoms with Gasteiger partial charge in [-0.3, -0.25) is 14.9 Å². The molecule has 33 heavy (non-hydrogen) atoms. The standard InChI is InChI=1S/C24H18N2O5S2/c1-31-19-10-12-20(13-11-19)33(29,30)24(22(27)26-23(28)32-24)14-16-6-8-17(9-7-16)21-5-3-2-4-18(21)15-25/h2-13H,14H2,1H3,(H,26,27,28). The van der Waals surface area contributed by atoms with Crippen molar-refractivity contribution in [2.45, 2.75) is 15.4 Å². The fourth-order valence-corrected chi connectivity index (χ4v) is 6.95. The monoisotopic (exact) mass is 478 g/mol. The Bertz CT molecular complexity index is 1380. The van der Waals surface area contributed by atoms with E-state index in [-0.39, 0.29) is 11.3 Å². The van der Waals surface area contributed by atoms with Crippen LogP contribution < -0.4 is 10.1 Å². The fourth-order valence-electron chi connectivity index (χ4n) is 3.65. The Kier molecular flexibility index (Phi) is 5.97. The zero-order chi connectivity index (χ0) is 23.6. The van der Waals surface area contributed by atoms with E-state index in [1.807, 2.05) is 12.1 Å². The van der Waals surface area contributed by atoms with Gasteiger partial charge in [0, 0.05) is 6.42 Å². The largest absolute Gasteiger partial charge is 0.497 e. The maximum atomic E-state index is 13.6. The summed E-state index contributed by atoms with van der Waals surface area (Å²) in [4.78, 5) is 24.8. The predicted octanol–water partition coefficient (Wildman–Crippen LogP) is 3.93. The Morgan fingerprint density at radius 2 is 1.67 bits per heavy atom. The van der Waals surface area contributed by atoms with E-state index in [1.54, 1.807) is 36.4 Å². The summed E-state index contributed by atoms with van der Waals surface area (Å²) in [7, 11) is -2.79. The van der Waals surface area contributed by atoms with Gasteiger partial charge in [-0.1, -0.05) is 42.5 Å². The number of carbonyl (C=O) groups excluding carboxylic acids is 2. The third-order valence-electron chi connectivity index (χ3n) is 5.37. The minimum Gasteiger partial charge on any atom is -0.497 e. The number of hydrogen-bond acceptors (Lipinski definition) is 7. The van der Waals surface area contributed by atoms with Gasteiger partial charge in [0.05, 0.1) is 23.6 Å². The lowest BCUT2D eigenvalue weighted by Gasteiger charge is -2.24. The minimum atomic E-state index is -4.25. The molecule has 0 saturated carbocycles. The van der Waals surface area contributed by atoms with Gasteiger partial charge in [-0.15, -0.1) is 0 Å². The highest BCUT2D eigenvalue weighted by atomic mass is 32.3. The summed E-state index contributed by atoms with van der Waals surface area (Å²) in [5, 5.41) is 10.8. The van der Waals surface area contributed by atoms with Crippen molar-refractivity contribution in [2.75, 3.05) is 7.11 Å². The Balaban J connectivity index is 1.72. The molecule has 4 rings (SSSR count). The van der Waals surface area contributed by atoms with Crippen molar-refractivity contribution in [1.82, 2.24) is 5.32 Å². The molecule has 1 N–H and O–H groups in total. The predicted molar refractivity (Wildman–Crippen MR) is 124 cm³/mol. The zero-order valence-corrected chi connectivity index (χ0v) is 19.1. The summed E-state index contributed by atoms with van der Waals surface area (Å²) in [6, 6.07) is 21.9. The van der Waals surface area contributed by atoms with Crippen molar-refractivity contribution in [1.29, 1.82) is 5.26 Å². The van der Waals surface area contributed by atoms with Gasteiger partial charge in [0.1, 0.15) is 5.75 Å². The number of benzene rings is 3. The fraction of sp³-hybridized carbons (Fsp3) is 0.125. The number of imide groups is 1. The number of sulfone groups is 1. The number of methoxy groups -OCH3 is 1. The molecular formula is C24H18N2O5S2. The molecule has 1 fully saturated rings. The molecule has 7 nitrogen and oxygen atoms in total. The molecule has 0 radical (unpaired) electrons. The number of hydrogen-bond donors (Lipinski definition) is 1. The first kappa shape index (κ1) is 22.6. The van der Waals surface area contributed by atoms with Crippen LogP contribution in [0.3, 0.4) is 0 Å². The van der Waals surface area contributed by atoms with Crippen LogP contribution in [0.15, 0.2) is 77.7 Å². The number of rotatable bonds is 6. The Hall–Kier alpha value is -3.61. The SMILES string of the molecule is COc1ccc(S(=O)(=O)C2(Cc3ccc(-c4ccccc4C#N)cc3)SC(=O)NC2=O)cc1. The normalized spacial score (nSPS) is 17.9. The van der Waals surface area contributed by atoms with Gasteiger partial charge in [0.25, 0.3) is 11.1 Å². The topological polar surface area (TPSA) is 113 Å². The van der Waals surface area contributed by atoms with Gasteiger partial charge in [-0.05, 0) is 58.8 Å². The lowest BCUT2D eigenvalue weighted by Crippen LogP contribution is -2.45. The highest BCUT2D eigenvalue weighted by Crippen LogP contribution is 2.43. The molecule has 9 heteroatoms. The van der Waals surface area contributed by atoms with Crippen molar-refractivity contribution in [3.63, 3.8) is 0 Å². The lowest BCUT2D eigenvalue weighted by atomic mass is 9.98. The van der Waals surface area contributed by atoms with Crippen LogP contribution in [0.2, 0.25) is 0 Å². The molecule has 3 aromatic rings. The van der Waals surface area contributed by atoms with Gasteiger partial charge >= 0.3 is 0 Å². The summed E-state index contributed by atoms with van der Waals surface area (Å²) < 4.78 is 30.2. The summed E-state index contributed by atoms with van der Waals surface area (Å²) in [6.07, 6.45) is -0.205. The van der Waals surface area contributed by atoms with Crippen molar-refractivity contribution in [3.05, 3.63) is 83.9 Å². The van der Waals surface area contributed by atoms with Crippen LogP contribution in [0.4, 0.5) is 4.79 Å². The van der Waals surface area contributed by atoms with Crippen LogP contribution in [0, 0.1) is 11.3 Å². The first-order chi connectivity index (χ1) is 15.8. The number of amides is 2. The molecule has 0 bridgehead atoms. The van der Waals surface area contributed by atoms with E-state index in [9.17, 15) is 23.3 Å². The summed E-state index contributed by atoms with van der Waals surface area (Å²) in [6.45, 7) is 0. The van der Waals surface area contributed by atoms with Crippen LogP contribution in [0.5, 0.6) is 5.75 Å². The Morgan fingerprint density at radius 3 is 2.24 bits per heavy atom. The number of ether oxygens (including phenoxy) is 1. The van der Waals surface area contributed by atoms with Crippen molar-refractivity contribution in [2.24, 2.45) is 0 Å². The Morgan fingerprint density at radius 1 is 1.00 bits per heavy atom. The van der Waals surface area contributed by atoms with Gasteiger partial charge in [0.15, 0.2) is 0 Å². The summed E-state index contributed by atoms with van der Waals surface area (Å²) in [5.74, 6) is -0.400. The average molecular weight is 479 g/mol.